The zero-order chi connectivity index (χ0) is 25.8. The van der Waals surface area contributed by atoms with Crippen LogP contribution in [-0.4, -0.2) is 52.3 Å². The number of benzene rings is 2. The Bertz CT molecular complexity index is 1340. The third-order valence-electron chi connectivity index (χ3n) is 6.23. The van der Waals surface area contributed by atoms with E-state index in [4.69, 9.17) is 5.73 Å². The molecule has 4 rings (SSSR count). The van der Waals surface area contributed by atoms with E-state index in [2.05, 4.69) is 36.7 Å². The number of H-pyrrole nitrogens is 1. The van der Waals surface area contributed by atoms with Crippen molar-refractivity contribution in [2.24, 2.45) is 10.7 Å². The fraction of sp³-hybridized carbons (Fsp3) is 0.308. The summed E-state index contributed by atoms with van der Waals surface area (Å²) in [4.78, 5) is 27.9. The molecule has 0 atom stereocenters. The maximum Gasteiger partial charge on any atom is 0.251 e. The zero-order valence-electron chi connectivity index (χ0n) is 20.7. The topological polar surface area (TPSA) is 128 Å². The minimum Gasteiger partial charge on any atom is -0.366 e. The van der Waals surface area contributed by atoms with Gasteiger partial charge in [-0.3, -0.25) is 19.7 Å². The van der Waals surface area contributed by atoms with Crippen LogP contribution in [0.2, 0.25) is 0 Å². The quantitative estimate of drug-likeness (QED) is 0.216. The predicted molar refractivity (Wildman–Crippen MR) is 147 cm³/mol. The number of carbonyl (C=O) groups is 2. The smallest absolute Gasteiger partial charge is 0.251 e. The number of aromatic amines is 1. The van der Waals surface area contributed by atoms with Crippen LogP contribution in [0.5, 0.6) is 0 Å². The first-order chi connectivity index (χ1) is 17.2. The molecule has 0 unspecified atom stereocenters. The number of anilines is 1. The van der Waals surface area contributed by atoms with Crippen molar-refractivity contribution in [2.45, 2.75) is 32.6 Å². The van der Waals surface area contributed by atoms with Crippen molar-refractivity contribution in [1.82, 2.24) is 19.8 Å². The summed E-state index contributed by atoms with van der Waals surface area (Å²) in [7, 11) is 1.75. The van der Waals surface area contributed by atoms with Crippen LogP contribution in [-0.2, 0) is 4.79 Å². The Kier molecular flexibility index (Phi) is 7.76. The van der Waals surface area contributed by atoms with Crippen LogP contribution in [0.25, 0.3) is 22.0 Å². The third kappa shape index (κ3) is 5.77. The first-order valence-corrected chi connectivity index (χ1v) is 12.5. The first kappa shape index (κ1) is 25.5. The highest BCUT2D eigenvalue weighted by atomic mass is 32.2. The number of nitrogens with one attached hydrogen (secondary N) is 3. The van der Waals surface area contributed by atoms with Crippen molar-refractivity contribution in [3.63, 3.8) is 0 Å². The molecule has 1 aliphatic heterocycles. The maximum atomic E-state index is 12.3. The molecule has 2 amide bonds. The van der Waals surface area contributed by atoms with Crippen molar-refractivity contribution >= 4 is 46.2 Å². The van der Waals surface area contributed by atoms with E-state index in [1.807, 2.05) is 37.3 Å². The molecule has 1 aromatic heterocycles. The van der Waals surface area contributed by atoms with Gasteiger partial charge in [-0.2, -0.15) is 5.10 Å². The van der Waals surface area contributed by atoms with E-state index in [-0.39, 0.29) is 11.8 Å². The van der Waals surface area contributed by atoms with Gasteiger partial charge < -0.3 is 16.4 Å². The van der Waals surface area contributed by atoms with E-state index >= 15 is 0 Å². The summed E-state index contributed by atoms with van der Waals surface area (Å²) in [5, 5.41) is 15.4. The summed E-state index contributed by atoms with van der Waals surface area (Å²) in [5.74, 6) is 0.430. The fourth-order valence-electron chi connectivity index (χ4n) is 4.45. The fourth-order valence-corrected chi connectivity index (χ4v) is 5.35. The Morgan fingerprint density at radius 1 is 1.19 bits per heavy atom. The van der Waals surface area contributed by atoms with Crippen LogP contribution in [0.15, 0.2) is 53.0 Å². The number of aliphatic imine (C=N–C) groups is 1. The second kappa shape index (κ2) is 11.0. The molecule has 3 aromatic rings. The number of nitrogens with two attached hydrogens (primary N) is 1. The van der Waals surface area contributed by atoms with Crippen LogP contribution in [0.4, 0.5) is 5.69 Å². The molecule has 9 nitrogen and oxygen atoms in total. The van der Waals surface area contributed by atoms with Gasteiger partial charge in [-0.1, -0.05) is 18.7 Å². The van der Waals surface area contributed by atoms with Gasteiger partial charge in [-0.05, 0) is 67.1 Å². The van der Waals surface area contributed by atoms with Gasteiger partial charge in [0, 0.05) is 49.7 Å². The average Bonchev–Trinajstić information content (AvgIpc) is 3.27. The lowest BCUT2D eigenvalue weighted by molar-refractivity contribution is -0.114. The maximum absolute atomic E-state index is 12.3. The number of hydrogen-bond donors (Lipinski definition) is 4. The van der Waals surface area contributed by atoms with Gasteiger partial charge in [0.15, 0.2) is 0 Å². The predicted octanol–water partition coefficient (Wildman–Crippen LogP) is 4.22. The van der Waals surface area contributed by atoms with Crippen LogP contribution >= 0.6 is 11.9 Å². The highest BCUT2D eigenvalue weighted by molar-refractivity contribution is 8.00. The van der Waals surface area contributed by atoms with Gasteiger partial charge >= 0.3 is 0 Å². The van der Waals surface area contributed by atoms with E-state index < -0.39 is 5.91 Å². The molecular formula is C26H31N7O2S. The van der Waals surface area contributed by atoms with Crippen molar-refractivity contribution in [3.05, 3.63) is 59.3 Å². The van der Waals surface area contributed by atoms with Crippen LogP contribution in [0.3, 0.4) is 0 Å². The van der Waals surface area contributed by atoms with E-state index in [1.54, 1.807) is 25.1 Å². The Labute approximate surface area is 214 Å². The summed E-state index contributed by atoms with van der Waals surface area (Å²) in [6, 6.07) is 11.3. The summed E-state index contributed by atoms with van der Waals surface area (Å²) < 4.78 is 2.29. The van der Waals surface area contributed by atoms with Gasteiger partial charge in [0.1, 0.15) is 5.52 Å². The Hall–Kier alpha value is -3.63. The van der Waals surface area contributed by atoms with E-state index in [0.29, 0.717) is 16.8 Å². The molecule has 188 valence electrons. The van der Waals surface area contributed by atoms with Gasteiger partial charge in [0.25, 0.3) is 5.91 Å². The number of amidine groups is 1. The van der Waals surface area contributed by atoms with Crippen molar-refractivity contribution in [2.75, 3.05) is 25.5 Å². The normalized spacial score (nSPS) is 15.1. The molecule has 2 heterocycles. The number of aromatic nitrogens is 2. The molecule has 0 saturated carbocycles. The standard InChI is InChI=1S/C26H31N7O2S/c1-15(28-4)29-17(3)36-33-10-8-18(9-11-33)24-22-13-20(14-23(26(27)35)25(22)32-31-24)19-6-5-7-21(12-19)30-16(2)34/h5-7,12-14,18H,3,8-11H2,1-2,4H3,(H2,27,35)(H,28,29)(H,30,34)(H,31,32). The number of piperidine rings is 1. The second-order valence-electron chi connectivity index (χ2n) is 8.84. The van der Waals surface area contributed by atoms with E-state index in [9.17, 15) is 9.59 Å². The number of nitrogens with zero attached hydrogens (tertiary/aromatic N) is 3. The van der Waals surface area contributed by atoms with E-state index in [0.717, 1.165) is 59.0 Å². The molecule has 1 fully saturated rings. The highest BCUT2D eigenvalue weighted by Gasteiger charge is 2.26. The summed E-state index contributed by atoms with van der Waals surface area (Å²) in [6.45, 7) is 9.24. The lowest BCUT2D eigenvalue weighted by Crippen LogP contribution is -2.29. The monoisotopic (exact) mass is 505 g/mol. The number of fused-ring (bicyclic) bond motifs is 1. The largest absolute Gasteiger partial charge is 0.366 e. The van der Waals surface area contributed by atoms with Gasteiger partial charge in [-0.15, -0.1) is 0 Å². The Balaban J connectivity index is 1.59. The SMILES string of the molecule is C=C(NC(C)=NC)SN1CCC(c2[nH]nc3c(C(N)=O)cc(-c4cccc(NC(C)=O)c4)cc23)CC1. The molecular weight excluding hydrogens is 474 g/mol. The summed E-state index contributed by atoms with van der Waals surface area (Å²) >= 11 is 1.61. The second-order valence-corrected chi connectivity index (χ2v) is 10.0. The van der Waals surface area contributed by atoms with Gasteiger partial charge in [-0.25, -0.2) is 4.31 Å². The number of carbonyl (C=O) groups excluding carboxylic acids is 2. The molecule has 0 aliphatic carbocycles. The third-order valence-corrected chi connectivity index (χ3v) is 7.17. The Morgan fingerprint density at radius 3 is 2.61 bits per heavy atom. The van der Waals surface area contributed by atoms with Crippen LogP contribution < -0.4 is 16.4 Å². The van der Waals surface area contributed by atoms with E-state index in [1.165, 1.54) is 6.92 Å². The lowest BCUT2D eigenvalue weighted by Gasteiger charge is -2.31. The lowest BCUT2D eigenvalue weighted by atomic mass is 9.90. The van der Waals surface area contributed by atoms with Crippen LogP contribution in [0.1, 0.15) is 48.7 Å². The molecule has 36 heavy (non-hydrogen) atoms. The number of primary amides is 1. The zero-order valence-corrected chi connectivity index (χ0v) is 21.5. The Morgan fingerprint density at radius 2 is 1.94 bits per heavy atom. The highest BCUT2D eigenvalue weighted by Crippen LogP contribution is 2.37. The molecule has 0 bridgehead atoms. The minimum absolute atomic E-state index is 0.143. The molecule has 1 aliphatic rings. The molecule has 1 saturated heterocycles. The van der Waals surface area contributed by atoms with Crippen molar-refractivity contribution < 1.29 is 9.59 Å². The van der Waals surface area contributed by atoms with Gasteiger partial charge in [0.2, 0.25) is 5.91 Å². The molecule has 10 heteroatoms. The van der Waals surface area contributed by atoms with Crippen LogP contribution in [0, 0.1) is 0 Å². The average molecular weight is 506 g/mol. The summed E-state index contributed by atoms with van der Waals surface area (Å²) in [6.07, 6.45) is 1.87. The molecule has 5 N–H and O–H groups in total. The first-order valence-electron chi connectivity index (χ1n) is 11.8. The molecule has 0 spiro atoms. The summed E-state index contributed by atoms with van der Waals surface area (Å²) in [5.41, 5.74) is 10.1. The number of amides is 2. The van der Waals surface area contributed by atoms with Gasteiger partial charge in [0.05, 0.1) is 16.4 Å². The minimum atomic E-state index is -0.527. The number of hydrogen-bond acceptors (Lipinski definition) is 6. The number of rotatable bonds is 7. The van der Waals surface area contributed by atoms with Crippen molar-refractivity contribution in [3.8, 4) is 11.1 Å². The van der Waals surface area contributed by atoms with Crippen molar-refractivity contribution in [1.29, 1.82) is 0 Å². The molecule has 0 radical (unpaired) electrons. The molecule has 2 aromatic carbocycles.